The van der Waals surface area contributed by atoms with Crippen LogP contribution in [0.3, 0.4) is 0 Å². The molecular weight excluding hydrogens is 310 g/mol. The normalized spacial score (nSPS) is 13.0. The lowest BCUT2D eigenvalue weighted by Crippen LogP contribution is -2.39. The van der Waals surface area contributed by atoms with Crippen LogP contribution < -0.4 is 0 Å². The van der Waals surface area contributed by atoms with E-state index in [1.54, 1.807) is 33.0 Å². The molecule has 4 nitrogen and oxygen atoms in total. The number of nitrogens with zero attached hydrogens (tertiary/aromatic N) is 1. The van der Waals surface area contributed by atoms with E-state index >= 15 is 0 Å². The molecule has 6 heteroatoms. The molecule has 0 heterocycles. The standard InChI is InChI=1S/C15H22ClNO3S/c1-4-21(19,20)11-12(2)17(3)15(18)10-7-13-5-8-14(16)9-6-13/h5-6,8-9,12H,4,7,10-11H2,1-3H3/t12-/m0/s1. The van der Waals surface area contributed by atoms with E-state index in [1.165, 1.54) is 4.90 Å². The molecule has 0 bridgehead atoms. The number of carbonyl (C=O) groups excluding carboxylic acids is 1. The fraction of sp³-hybridized carbons (Fsp3) is 0.533. The first kappa shape index (κ1) is 18.0. The largest absolute Gasteiger partial charge is 0.342 e. The maximum atomic E-state index is 12.1. The summed E-state index contributed by atoms with van der Waals surface area (Å²) in [5.74, 6) is 0.0559. The van der Waals surface area contributed by atoms with Crippen LogP contribution in [0.15, 0.2) is 24.3 Å². The third-order valence-corrected chi connectivity index (χ3v) is 5.65. The van der Waals surface area contributed by atoms with Crippen molar-refractivity contribution in [2.75, 3.05) is 18.6 Å². The molecule has 0 aromatic heterocycles. The molecule has 118 valence electrons. The molecule has 0 aliphatic rings. The topological polar surface area (TPSA) is 54.5 Å². The smallest absolute Gasteiger partial charge is 0.222 e. The highest BCUT2D eigenvalue weighted by molar-refractivity contribution is 7.91. The number of amides is 1. The Morgan fingerprint density at radius 3 is 2.38 bits per heavy atom. The molecule has 1 atom stereocenters. The van der Waals surface area contributed by atoms with E-state index < -0.39 is 9.84 Å². The highest BCUT2D eigenvalue weighted by atomic mass is 35.5. The summed E-state index contributed by atoms with van der Waals surface area (Å²) in [6.07, 6.45) is 0.974. The van der Waals surface area contributed by atoms with Crippen LogP contribution in [-0.4, -0.2) is 43.8 Å². The second-order valence-corrected chi connectivity index (χ2v) is 8.01. The first-order valence-corrected chi connectivity index (χ1v) is 9.15. The highest BCUT2D eigenvalue weighted by Gasteiger charge is 2.20. The molecule has 1 rings (SSSR count). The van der Waals surface area contributed by atoms with Crippen LogP contribution in [0.2, 0.25) is 5.02 Å². The minimum Gasteiger partial charge on any atom is -0.342 e. The second kappa shape index (κ2) is 7.80. The SMILES string of the molecule is CCS(=O)(=O)C[C@H](C)N(C)C(=O)CCc1ccc(Cl)cc1. The average Bonchev–Trinajstić information content (AvgIpc) is 2.45. The van der Waals surface area contributed by atoms with Crippen molar-refractivity contribution in [3.05, 3.63) is 34.9 Å². The van der Waals surface area contributed by atoms with Crippen LogP contribution in [0.1, 0.15) is 25.8 Å². The van der Waals surface area contributed by atoms with Gasteiger partial charge in [-0.2, -0.15) is 0 Å². The lowest BCUT2D eigenvalue weighted by atomic mass is 10.1. The van der Waals surface area contributed by atoms with E-state index in [2.05, 4.69) is 0 Å². The summed E-state index contributed by atoms with van der Waals surface area (Å²) in [4.78, 5) is 13.6. The predicted octanol–water partition coefficient (Wildman–Crippen LogP) is 2.55. The molecule has 0 unspecified atom stereocenters. The molecular formula is C15H22ClNO3S. The van der Waals surface area contributed by atoms with Gasteiger partial charge in [0, 0.05) is 30.3 Å². The first-order chi connectivity index (χ1) is 9.75. The van der Waals surface area contributed by atoms with Gasteiger partial charge in [0.05, 0.1) is 5.75 Å². The van der Waals surface area contributed by atoms with Crippen LogP contribution >= 0.6 is 11.6 Å². The van der Waals surface area contributed by atoms with E-state index in [0.717, 1.165) is 5.56 Å². The highest BCUT2D eigenvalue weighted by Crippen LogP contribution is 2.12. The summed E-state index contributed by atoms with van der Waals surface area (Å²) in [5, 5.41) is 0.667. The number of rotatable bonds is 7. The molecule has 0 radical (unpaired) electrons. The molecule has 1 aromatic carbocycles. The average molecular weight is 332 g/mol. The number of benzene rings is 1. The van der Waals surface area contributed by atoms with Gasteiger partial charge in [0.1, 0.15) is 0 Å². The summed E-state index contributed by atoms with van der Waals surface area (Å²) in [6.45, 7) is 3.37. The summed E-state index contributed by atoms with van der Waals surface area (Å²) >= 11 is 5.81. The molecule has 1 amide bonds. The summed E-state index contributed by atoms with van der Waals surface area (Å²) < 4.78 is 23.2. The lowest BCUT2D eigenvalue weighted by molar-refractivity contribution is -0.131. The van der Waals surface area contributed by atoms with E-state index in [4.69, 9.17) is 11.6 Å². The van der Waals surface area contributed by atoms with Gasteiger partial charge in [-0.3, -0.25) is 4.79 Å². The van der Waals surface area contributed by atoms with E-state index in [-0.39, 0.29) is 23.5 Å². The summed E-state index contributed by atoms with van der Waals surface area (Å²) in [6, 6.07) is 7.05. The fourth-order valence-electron chi connectivity index (χ4n) is 1.92. The Kier molecular flexibility index (Phi) is 6.68. The first-order valence-electron chi connectivity index (χ1n) is 6.95. The van der Waals surface area contributed by atoms with Crippen molar-refractivity contribution in [3.8, 4) is 0 Å². The number of halogens is 1. The molecule has 1 aromatic rings. The van der Waals surface area contributed by atoms with Gasteiger partial charge in [0.2, 0.25) is 5.91 Å². The summed E-state index contributed by atoms with van der Waals surface area (Å²) in [5.41, 5.74) is 1.04. The lowest BCUT2D eigenvalue weighted by Gasteiger charge is -2.24. The number of hydrogen-bond donors (Lipinski definition) is 0. The Bertz CT molecular complexity index is 569. The van der Waals surface area contributed by atoms with Crippen LogP contribution in [0.4, 0.5) is 0 Å². The Hall–Kier alpha value is -1.07. The third-order valence-electron chi connectivity index (χ3n) is 3.53. The molecule has 0 fully saturated rings. The molecule has 0 spiro atoms. The second-order valence-electron chi connectivity index (χ2n) is 5.18. The summed E-state index contributed by atoms with van der Waals surface area (Å²) in [7, 11) is -1.42. The van der Waals surface area contributed by atoms with Crippen molar-refractivity contribution >= 4 is 27.3 Å². The van der Waals surface area contributed by atoms with Crippen LogP contribution in [0.25, 0.3) is 0 Å². The van der Waals surface area contributed by atoms with Gasteiger partial charge < -0.3 is 4.90 Å². The van der Waals surface area contributed by atoms with Crippen molar-refractivity contribution in [3.63, 3.8) is 0 Å². The molecule has 0 aliphatic carbocycles. The van der Waals surface area contributed by atoms with Crippen molar-refractivity contribution < 1.29 is 13.2 Å². The fourth-order valence-corrected chi connectivity index (χ4v) is 3.24. The number of carbonyl (C=O) groups is 1. The van der Waals surface area contributed by atoms with E-state index in [1.807, 2.05) is 12.1 Å². The van der Waals surface area contributed by atoms with Crippen LogP contribution in [0.5, 0.6) is 0 Å². The van der Waals surface area contributed by atoms with Crippen LogP contribution in [-0.2, 0) is 21.1 Å². The Balaban J connectivity index is 2.52. The number of hydrogen-bond acceptors (Lipinski definition) is 3. The molecule has 0 N–H and O–H groups in total. The Morgan fingerprint density at radius 2 is 1.86 bits per heavy atom. The minimum absolute atomic E-state index is 0.00663. The van der Waals surface area contributed by atoms with Crippen molar-refractivity contribution in [1.82, 2.24) is 4.90 Å². The maximum Gasteiger partial charge on any atom is 0.222 e. The van der Waals surface area contributed by atoms with Gasteiger partial charge in [0.15, 0.2) is 9.84 Å². The van der Waals surface area contributed by atoms with Crippen molar-refractivity contribution in [2.45, 2.75) is 32.7 Å². The minimum atomic E-state index is -3.08. The molecule has 0 aliphatic heterocycles. The number of sulfone groups is 1. The quantitative estimate of drug-likeness (QED) is 0.771. The zero-order valence-corrected chi connectivity index (χ0v) is 14.2. The van der Waals surface area contributed by atoms with Gasteiger partial charge in [-0.05, 0) is 31.0 Å². The monoisotopic (exact) mass is 331 g/mol. The number of aryl methyl sites for hydroxylation is 1. The molecule has 21 heavy (non-hydrogen) atoms. The zero-order valence-electron chi connectivity index (χ0n) is 12.7. The van der Waals surface area contributed by atoms with Gasteiger partial charge in [-0.1, -0.05) is 30.7 Å². The van der Waals surface area contributed by atoms with Gasteiger partial charge in [-0.25, -0.2) is 8.42 Å². The van der Waals surface area contributed by atoms with Gasteiger partial charge in [0.25, 0.3) is 0 Å². The van der Waals surface area contributed by atoms with E-state index in [0.29, 0.717) is 17.9 Å². The van der Waals surface area contributed by atoms with Crippen LogP contribution in [0, 0.1) is 0 Å². The van der Waals surface area contributed by atoms with Crippen molar-refractivity contribution in [2.24, 2.45) is 0 Å². The zero-order chi connectivity index (χ0) is 16.0. The van der Waals surface area contributed by atoms with E-state index in [9.17, 15) is 13.2 Å². The molecule has 0 saturated heterocycles. The third kappa shape index (κ3) is 6.06. The maximum absolute atomic E-state index is 12.1. The van der Waals surface area contributed by atoms with Gasteiger partial charge >= 0.3 is 0 Å². The predicted molar refractivity (Wildman–Crippen MR) is 86.3 cm³/mol. The Morgan fingerprint density at radius 1 is 1.29 bits per heavy atom. The Labute approximate surface area is 132 Å². The van der Waals surface area contributed by atoms with Gasteiger partial charge in [-0.15, -0.1) is 0 Å². The van der Waals surface area contributed by atoms with Crippen molar-refractivity contribution in [1.29, 1.82) is 0 Å². The molecule has 0 saturated carbocycles.